The highest BCUT2D eigenvalue weighted by atomic mass is 16.5. The van der Waals surface area contributed by atoms with Gasteiger partial charge in [-0.05, 0) is 113 Å². The van der Waals surface area contributed by atoms with E-state index in [0.29, 0.717) is 0 Å². The van der Waals surface area contributed by atoms with Crippen LogP contribution in [0.2, 0.25) is 0 Å². The molecular weight excluding hydrogens is 569 g/mol. The van der Waals surface area contributed by atoms with Crippen molar-refractivity contribution >= 4 is 27.1 Å². The molecule has 7 aromatic carbocycles. The first-order valence-electron chi connectivity index (χ1n) is 16.6. The van der Waals surface area contributed by atoms with Gasteiger partial charge < -0.3 is 4.74 Å². The summed E-state index contributed by atoms with van der Waals surface area (Å²) in [4.78, 5) is 0. The first-order chi connectivity index (χ1) is 23.3. The summed E-state index contributed by atoms with van der Waals surface area (Å²) in [5, 5.41) is 5.15. The monoisotopic (exact) mass is 600 g/mol. The average Bonchev–Trinajstić information content (AvgIpc) is 3.60. The van der Waals surface area contributed by atoms with Crippen molar-refractivity contribution in [3.63, 3.8) is 0 Å². The lowest BCUT2D eigenvalue weighted by Gasteiger charge is -2.31. The molecule has 0 saturated carbocycles. The SMILES string of the molecule is COC1=CC=C(c2ccc(-c3cccc4ccccc34)c3cc4c(cc23)C2(c3ccccc3-c3ccccc32)c2ccccc2-4)CC1. The number of hydrogen-bond acceptors (Lipinski definition) is 1. The zero-order valence-electron chi connectivity index (χ0n) is 26.3. The normalized spacial score (nSPS) is 15.2. The molecule has 0 aromatic heterocycles. The Labute approximate surface area is 275 Å². The predicted octanol–water partition coefficient (Wildman–Crippen LogP) is 11.7. The molecule has 0 radical (unpaired) electrons. The smallest absolute Gasteiger partial charge is 0.0958 e. The fourth-order valence-corrected chi connectivity index (χ4v) is 8.92. The topological polar surface area (TPSA) is 9.23 Å². The third kappa shape index (κ3) is 3.54. The second-order valence-electron chi connectivity index (χ2n) is 13.0. The van der Waals surface area contributed by atoms with E-state index in [9.17, 15) is 0 Å². The predicted molar refractivity (Wildman–Crippen MR) is 195 cm³/mol. The van der Waals surface area contributed by atoms with E-state index in [0.717, 1.165) is 18.6 Å². The molecule has 0 unspecified atom stereocenters. The van der Waals surface area contributed by atoms with Crippen LogP contribution in [0, 0.1) is 0 Å². The van der Waals surface area contributed by atoms with E-state index < -0.39 is 0 Å². The van der Waals surface area contributed by atoms with Crippen LogP contribution < -0.4 is 0 Å². The molecule has 0 N–H and O–H groups in total. The van der Waals surface area contributed by atoms with Gasteiger partial charge in [0.2, 0.25) is 0 Å². The highest BCUT2D eigenvalue weighted by molar-refractivity contribution is 6.11. The van der Waals surface area contributed by atoms with Crippen LogP contribution in [0.3, 0.4) is 0 Å². The number of methoxy groups -OCH3 is 1. The first kappa shape index (κ1) is 26.5. The third-order valence-electron chi connectivity index (χ3n) is 10.9. The number of rotatable bonds is 3. The molecule has 47 heavy (non-hydrogen) atoms. The van der Waals surface area contributed by atoms with Crippen LogP contribution >= 0.6 is 0 Å². The Hall–Kier alpha value is -5.66. The molecule has 222 valence electrons. The Bertz CT molecular complexity index is 2460. The third-order valence-corrected chi connectivity index (χ3v) is 10.9. The number of benzene rings is 7. The summed E-state index contributed by atoms with van der Waals surface area (Å²) in [6, 6.07) is 52.5. The van der Waals surface area contributed by atoms with E-state index >= 15 is 0 Å². The molecule has 7 aromatic rings. The molecule has 0 atom stereocenters. The Morgan fingerprint density at radius 1 is 0.426 bits per heavy atom. The van der Waals surface area contributed by atoms with Gasteiger partial charge in [-0.1, -0.05) is 133 Å². The van der Waals surface area contributed by atoms with E-state index in [-0.39, 0.29) is 5.41 Å². The molecule has 1 nitrogen and oxygen atoms in total. The molecule has 0 bridgehead atoms. The van der Waals surface area contributed by atoms with Gasteiger partial charge in [0, 0.05) is 6.42 Å². The zero-order chi connectivity index (χ0) is 31.1. The molecule has 0 fully saturated rings. The van der Waals surface area contributed by atoms with Crippen LogP contribution in [0.4, 0.5) is 0 Å². The highest BCUT2D eigenvalue weighted by Gasteiger charge is 2.51. The number of ether oxygens (including phenoxy) is 1. The minimum absolute atomic E-state index is 0.371. The second-order valence-corrected chi connectivity index (χ2v) is 13.0. The standard InChI is InChI=1S/C46H32O/c1-47-31-23-21-30(22-24-31)33-25-26-35(34-17-10-12-29-11-2-3-13-32(29)34)39-27-41-38-16-6-9-20-44(38)46(45(41)28-40(33)39)42-18-7-4-14-36(42)37-15-5-8-19-43(37)46/h2-21,23,25-28H,22,24H2,1H3. The maximum absolute atomic E-state index is 5.62. The van der Waals surface area contributed by atoms with Crippen molar-refractivity contribution in [1.82, 2.24) is 0 Å². The molecule has 0 amide bonds. The fourth-order valence-electron chi connectivity index (χ4n) is 8.92. The van der Waals surface area contributed by atoms with Gasteiger partial charge in [-0.25, -0.2) is 0 Å². The minimum atomic E-state index is -0.371. The number of fused-ring (bicyclic) bond motifs is 12. The van der Waals surface area contributed by atoms with Gasteiger partial charge in [0.15, 0.2) is 0 Å². The molecule has 1 heteroatoms. The molecule has 10 rings (SSSR count). The molecule has 0 aliphatic heterocycles. The van der Waals surface area contributed by atoms with Crippen molar-refractivity contribution in [2.24, 2.45) is 0 Å². The van der Waals surface area contributed by atoms with Gasteiger partial charge in [-0.2, -0.15) is 0 Å². The van der Waals surface area contributed by atoms with E-state index in [2.05, 4.69) is 152 Å². The average molecular weight is 601 g/mol. The van der Waals surface area contributed by atoms with Crippen LogP contribution in [0.5, 0.6) is 0 Å². The summed E-state index contributed by atoms with van der Waals surface area (Å²) < 4.78 is 5.62. The van der Waals surface area contributed by atoms with Crippen LogP contribution in [0.15, 0.2) is 157 Å². The van der Waals surface area contributed by atoms with E-state index in [1.165, 1.54) is 88.3 Å². The fraction of sp³-hybridized carbons (Fsp3) is 0.0870. The van der Waals surface area contributed by atoms with Gasteiger partial charge in [-0.15, -0.1) is 0 Å². The van der Waals surface area contributed by atoms with Crippen molar-refractivity contribution in [3.8, 4) is 33.4 Å². The Morgan fingerprint density at radius 3 is 1.66 bits per heavy atom. The van der Waals surface area contributed by atoms with E-state index in [4.69, 9.17) is 4.74 Å². The van der Waals surface area contributed by atoms with E-state index in [1.807, 2.05) is 0 Å². The summed E-state index contributed by atoms with van der Waals surface area (Å²) in [6.07, 6.45) is 6.29. The van der Waals surface area contributed by atoms with Crippen molar-refractivity contribution in [1.29, 1.82) is 0 Å². The van der Waals surface area contributed by atoms with E-state index in [1.54, 1.807) is 7.11 Å². The Morgan fingerprint density at radius 2 is 0.979 bits per heavy atom. The lowest BCUT2D eigenvalue weighted by molar-refractivity contribution is 0.277. The molecular formula is C46H32O. The summed E-state index contributed by atoms with van der Waals surface area (Å²) in [6.45, 7) is 0. The van der Waals surface area contributed by atoms with Crippen LogP contribution in [0.1, 0.15) is 40.7 Å². The van der Waals surface area contributed by atoms with Gasteiger partial charge in [0.05, 0.1) is 18.3 Å². The molecule has 3 aliphatic carbocycles. The zero-order valence-corrected chi connectivity index (χ0v) is 26.3. The Kier molecular flexibility index (Phi) is 5.60. The number of hydrogen-bond donors (Lipinski definition) is 0. The molecule has 1 spiro atoms. The minimum Gasteiger partial charge on any atom is -0.501 e. The number of allylic oxidation sites excluding steroid dienone is 4. The summed E-state index contributed by atoms with van der Waals surface area (Å²) in [7, 11) is 1.77. The van der Waals surface area contributed by atoms with Crippen molar-refractivity contribution in [2.45, 2.75) is 18.3 Å². The van der Waals surface area contributed by atoms with Crippen molar-refractivity contribution < 1.29 is 4.74 Å². The van der Waals surface area contributed by atoms with Gasteiger partial charge in [0.25, 0.3) is 0 Å². The summed E-state index contributed by atoms with van der Waals surface area (Å²) in [5.41, 5.74) is 15.7. The summed E-state index contributed by atoms with van der Waals surface area (Å²) in [5.74, 6) is 1.04. The lowest BCUT2D eigenvalue weighted by Crippen LogP contribution is -2.25. The molecule has 3 aliphatic rings. The lowest BCUT2D eigenvalue weighted by atomic mass is 9.70. The first-order valence-corrected chi connectivity index (χ1v) is 16.6. The van der Waals surface area contributed by atoms with Crippen LogP contribution in [0.25, 0.3) is 60.5 Å². The second kappa shape index (κ2) is 9.92. The van der Waals surface area contributed by atoms with Gasteiger partial charge in [0.1, 0.15) is 0 Å². The van der Waals surface area contributed by atoms with Crippen LogP contribution in [-0.4, -0.2) is 7.11 Å². The maximum Gasteiger partial charge on any atom is 0.0958 e. The highest BCUT2D eigenvalue weighted by Crippen LogP contribution is 2.63. The molecule has 0 heterocycles. The summed E-state index contributed by atoms with van der Waals surface area (Å²) >= 11 is 0. The van der Waals surface area contributed by atoms with Crippen LogP contribution in [-0.2, 0) is 10.2 Å². The Balaban J connectivity index is 1.35. The quantitative estimate of drug-likeness (QED) is 0.196. The van der Waals surface area contributed by atoms with Gasteiger partial charge in [-0.3, -0.25) is 0 Å². The largest absolute Gasteiger partial charge is 0.501 e. The maximum atomic E-state index is 5.62. The van der Waals surface area contributed by atoms with Crippen molar-refractivity contribution in [2.75, 3.05) is 7.11 Å². The van der Waals surface area contributed by atoms with Gasteiger partial charge >= 0.3 is 0 Å². The molecule has 0 saturated heterocycles. The van der Waals surface area contributed by atoms with Crippen molar-refractivity contribution in [3.05, 3.63) is 185 Å².